The number of aryl methyl sites for hydroxylation is 1. The van der Waals surface area contributed by atoms with E-state index in [0.717, 1.165) is 32.8 Å². The number of aliphatic imine (C=N–C) groups is 1. The van der Waals surface area contributed by atoms with Crippen molar-refractivity contribution in [3.63, 3.8) is 0 Å². The minimum absolute atomic E-state index is 0.299. The van der Waals surface area contributed by atoms with Gasteiger partial charge in [0.25, 0.3) is 0 Å². The molecule has 1 saturated heterocycles. The van der Waals surface area contributed by atoms with Gasteiger partial charge in [0.05, 0.1) is 25.8 Å². The molecule has 0 aliphatic carbocycles. The van der Waals surface area contributed by atoms with E-state index in [-0.39, 0.29) is 0 Å². The minimum atomic E-state index is 0.299. The van der Waals surface area contributed by atoms with Crippen molar-refractivity contribution in [2.45, 2.75) is 19.5 Å². The van der Waals surface area contributed by atoms with Crippen molar-refractivity contribution in [1.82, 2.24) is 25.7 Å². The molecule has 1 aliphatic heterocycles. The molecule has 0 spiro atoms. The first-order valence-corrected chi connectivity index (χ1v) is 9.23. The molecule has 0 amide bonds. The van der Waals surface area contributed by atoms with Crippen LogP contribution in [0.5, 0.6) is 0 Å². The van der Waals surface area contributed by atoms with Gasteiger partial charge >= 0.3 is 0 Å². The minimum Gasteiger partial charge on any atom is -0.379 e. The van der Waals surface area contributed by atoms with Gasteiger partial charge in [-0.2, -0.15) is 4.98 Å². The molecule has 1 aliphatic rings. The summed E-state index contributed by atoms with van der Waals surface area (Å²) in [4.78, 5) is 12.3. The van der Waals surface area contributed by atoms with Crippen molar-refractivity contribution >= 4 is 17.3 Å². The maximum atomic E-state index is 5.49. The molecule has 3 heterocycles. The highest BCUT2D eigenvalue weighted by Gasteiger charge is 2.23. The maximum absolute atomic E-state index is 5.49. The Labute approximate surface area is 151 Å². The normalized spacial score (nSPS) is 17.4. The van der Waals surface area contributed by atoms with E-state index in [2.05, 4.69) is 48.2 Å². The molecule has 25 heavy (non-hydrogen) atoms. The molecule has 136 valence electrons. The number of hydrogen-bond acceptors (Lipinski definition) is 7. The summed E-state index contributed by atoms with van der Waals surface area (Å²) in [6.45, 7) is 6.46. The molecule has 8 nitrogen and oxygen atoms in total. The van der Waals surface area contributed by atoms with Crippen molar-refractivity contribution in [3.8, 4) is 0 Å². The lowest BCUT2D eigenvalue weighted by Crippen LogP contribution is -2.46. The monoisotopic (exact) mass is 364 g/mol. The quantitative estimate of drug-likeness (QED) is 0.588. The molecule has 0 bridgehead atoms. The lowest BCUT2D eigenvalue weighted by atomic mass is 10.2. The van der Waals surface area contributed by atoms with Gasteiger partial charge in [0.2, 0.25) is 5.89 Å². The number of hydrogen-bond donors (Lipinski definition) is 2. The van der Waals surface area contributed by atoms with E-state index in [1.807, 2.05) is 0 Å². The van der Waals surface area contributed by atoms with E-state index >= 15 is 0 Å². The predicted molar refractivity (Wildman–Crippen MR) is 96.7 cm³/mol. The van der Waals surface area contributed by atoms with Crippen LogP contribution < -0.4 is 10.6 Å². The largest absolute Gasteiger partial charge is 0.379 e. The molecule has 2 aromatic rings. The second-order valence-electron chi connectivity index (χ2n) is 5.72. The molecule has 1 unspecified atom stereocenters. The van der Waals surface area contributed by atoms with Gasteiger partial charge in [-0.25, -0.2) is 0 Å². The first-order chi connectivity index (χ1) is 12.3. The van der Waals surface area contributed by atoms with Crippen LogP contribution >= 0.6 is 11.3 Å². The van der Waals surface area contributed by atoms with Crippen LogP contribution in [0.4, 0.5) is 0 Å². The summed E-state index contributed by atoms with van der Waals surface area (Å²) in [7, 11) is 1.75. The molecular weight excluding hydrogens is 340 g/mol. The summed E-state index contributed by atoms with van der Waals surface area (Å²) < 4.78 is 10.6. The lowest BCUT2D eigenvalue weighted by molar-refractivity contribution is 0.0177. The third kappa shape index (κ3) is 5.00. The van der Waals surface area contributed by atoms with Crippen molar-refractivity contribution in [2.24, 2.45) is 4.99 Å². The zero-order chi connectivity index (χ0) is 17.5. The second-order valence-corrected chi connectivity index (χ2v) is 6.70. The Hall–Kier alpha value is -1.97. The Kier molecular flexibility index (Phi) is 6.37. The van der Waals surface area contributed by atoms with Gasteiger partial charge in [-0.05, 0) is 18.4 Å². The number of rotatable bonds is 6. The van der Waals surface area contributed by atoms with Crippen molar-refractivity contribution in [2.75, 3.05) is 39.9 Å². The van der Waals surface area contributed by atoms with E-state index in [0.29, 0.717) is 30.3 Å². The Morgan fingerprint density at radius 3 is 2.88 bits per heavy atom. The molecule has 9 heteroatoms. The van der Waals surface area contributed by atoms with E-state index in [4.69, 9.17) is 9.26 Å². The molecule has 1 atom stereocenters. The third-order valence-corrected chi connectivity index (χ3v) is 4.99. The Morgan fingerprint density at radius 1 is 1.40 bits per heavy atom. The van der Waals surface area contributed by atoms with E-state index in [9.17, 15) is 0 Å². The van der Waals surface area contributed by atoms with Gasteiger partial charge in [-0.15, -0.1) is 11.3 Å². The fourth-order valence-corrected chi connectivity index (χ4v) is 3.63. The van der Waals surface area contributed by atoms with Crippen LogP contribution in [0, 0.1) is 6.92 Å². The van der Waals surface area contributed by atoms with Crippen LogP contribution in [0.1, 0.15) is 22.6 Å². The Morgan fingerprint density at radius 2 is 2.24 bits per heavy atom. The van der Waals surface area contributed by atoms with Crippen LogP contribution in [-0.2, 0) is 11.3 Å². The molecule has 0 radical (unpaired) electrons. The second kappa shape index (κ2) is 8.93. The average molecular weight is 364 g/mol. The van der Waals surface area contributed by atoms with Crippen LogP contribution in [0.3, 0.4) is 0 Å². The zero-order valence-corrected chi connectivity index (χ0v) is 15.4. The molecule has 2 aromatic heterocycles. The Balaban J connectivity index is 1.57. The van der Waals surface area contributed by atoms with Gasteiger partial charge < -0.3 is 19.9 Å². The van der Waals surface area contributed by atoms with Gasteiger partial charge in [0.1, 0.15) is 0 Å². The summed E-state index contributed by atoms with van der Waals surface area (Å²) in [5, 5.41) is 12.5. The third-order valence-electron chi connectivity index (χ3n) is 4.02. The molecule has 0 saturated carbocycles. The number of thiophene rings is 1. The molecule has 3 rings (SSSR count). The number of guanidine groups is 1. The van der Waals surface area contributed by atoms with E-state index in [1.54, 1.807) is 25.3 Å². The maximum Gasteiger partial charge on any atom is 0.246 e. The molecule has 0 aromatic carbocycles. The molecule has 2 N–H and O–H groups in total. The molecular formula is C16H24N6O2S. The number of aromatic nitrogens is 2. The summed E-state index contributed by atoms with van der Waals surface area (Å²) in [6.07, 6.45) is 0. The summed E-state index contributed by atoms with van der Waals surface area (Å²) >= 11 is 1.78. The molecule has 1 fully saturated rings. The number of morpholine rings is 1. The fourth-order valence-electron chi connectivity index (χ4n) is 2.76. The lowest BCUT2D eigenvalue weighted by Gasteiger charge is -2.34. The first kappa shape index (κ1) is 17.8. The van der Waals surface area contributed by atoms with Gasteiger partial charge in [0.15, 0.2) is 11.8 Å². The highest BCUT2D eigenvalue weighted by Crippen LogP contribution is 2.25. The smallest absolute Gasteiger partial charge is 0.246 e. The van der Waals surface area contributed by atoms with Crippen LogP contribution in [0.15, 0.2) is 27.0 Å². The first-order valence-electron chi connectivity index (χ1n) is 8.35. The number of nitrogens with zero attached hydrogens (tertiary/aromatic N) is 4. The van der Waals surface area contributed by atoms with Gasteiger partial charge in [-0.1, -0.05) is 11.2 Å². The van der Waals surface area contributed by atoms with Gasteiger partial charge in [0, 0.05) is 31.6 Å². The topological polar surface area (TPSA) is 87.8 Å². The van der Waals surface area contributed by atoms with Gasteiger partial charge in [-0.3, -0.25) is 9.89 Å². The number of ether oxygens (including phenoxy) is 1. The number of nitrogens with one attached hydrogen (secondary N) is 2. The highest BCUT2D eigenvalue weighted by atomic mass is 32.1. The predicted octanol–water partition coefficient (Wildman–Crippen LogP) is 1.18. The van der Waals surface area contributed by atoms with Crippen molar-refractivity contribution in [1.29, 1.82) is 0 Å². The average Bonchev–Trinajstić information content (AvgIpc) is 3.31. The summed E-state index contributed by atoms with van der Waals surface area (Å²) in [5.41, 5.74) is 0. The standard InChI is InChI=1S/C16H24N6O2S/c1-12-20-15(24-21-12)11-19-16(17-2)18-10-13(14-4-3-9-25-14)22-5-7-23-8-6-22/h3-4,9,13H,5-8,10-11H2,1-2H3,(H2,17,18,19). The summed E-state index contributed by atoms with van der Waals surface area (Å²) in [6, 6.07) is 4.58. The van der Waals surface area contributed by atoms with Crippen LogP contribution in [-0.4, -0.2) is 60.9 Å². The zero-order valence-electron chi connectivity index (χ0n) is 14.6. The van der Waals surface area contributed by atoms with Crippen molar-refractivity contribution in [3.05, 3.63) is 34.1 Å². The van der Waals surface area contributed by atoms with Crippen molar-refractivity contribution < 1.29 is 9.26 Å². The Bertz CT molecular complexity index is 666. The summed E-state index contributed by atoms with van der Waals surface area (Å²) in [5.74, 6) is 1.89. The SMILES string of the molecule is CN=C(NCc1nc(C)no1)NCC(c1cccs1)N1CCOCC1. The fraction of sp³-hybridized carbons (Fsp3) is 0.562. The van der Waals surface area contributed by atoms with E-state index in [1.165, 1.54) is 4.88 Å². The van der Waals surface area contributed by atoms with E-state index < -0.39 is 0 Å². The highest BCUT2D eigenvalue weighted by molar-refractivity contribution is 7.10. The van der Waals surface area contributed by atoms with Crippen LogP contribution in [0.25, 0.3) is 0 Å². The van der Waals surface area contributed by atoms with Crippen LogP contribution in [0.2, 0.25) is 0 Å².